The average Bonchev–Trinajstić information content (AvgIpc) is 2.46. The molecule has 0 aromatic heterocycles. The monoisotopic (exact) mass is 285 g/mol. The van der Waals surface area contributed by atoms with Gasteiger partial charge < -0.3 is 10.1 Å². The van der Waals surface area contributed by atoms with Crippen LogP contribution in [-0.2, 0) is 9.53 Å². The van der Waals surface area contributed by atoms with Crippen LogP contribution in [0.4, 0.5) is 0 Å². The average molecular weight is 285 g/mol. The molecular formula is C17H35NO2. The predicted octanol–water partition coefficient (Wildman–Crippen LogP) is 4.45. The van der Waals surface area contributed by atoms with Crippen molar-refractivity contribution in [3.63, 3.8) is 0 Å². The van der Waals surface area contributed by atoms with Crippen LogP contribution in [0.25, 0.3) is 0 Å². The van der Waals surface area contributed by atoms with Crippen LogP contribution in [0, 0.1) is 0 Å². The largest absolute Gasteiger partial charge is 0.368 e. The summed E-state index contributed by atoms with van der Waals surface area (Å²) in [6.07, 6.45) is 11.3. The van der Waals surface area contributed by atoms with Gasteiger partial charge in [-0.2, -0.15) is 0 Å². The first kappa shape index (κ1) is 19.4. The summed E-state index contributed by atoms with van der Waals surface area (Å²) >= 11 is 0. The third-order valence-corrected chi connectivity index (χ3v) is 3.47. The van der Waals surface area contributed by atoms with Crippen molar-refractivity contribution in [2.45, 2.75) is 91.1 Å². The van der Waals surface area contributed by atoms with Gasteiger partial charge in [0.2, 0.25) is 5.91 Å². The van der Waals surface area contributed by atoms with E-state index in [0.717, 1.165) is 38.6 Å². The lowest BCUT2D eigenvalue weighted by atomic mass is 10.1. The van der Waals surface area contributed by atoms with Gasteiger partial charge in [-0.3, -0.25) is 4.79 Å². The topological polar surface area (TPSA) is 38.3 Å². The van der Waals surface area contributed by atoms with Crippen molar-refractivity contribution in [2.24, 2.45) is 0 Å². The molecule has 1 atom stereocenters. The number of unbranched alkanes of at least 4 members (excludes halogenated alkanes) is 6. The van der Waals surface area contributed by atoms with Gasteiger partial charge in [0.1, 0.15) is 6.10 Å². The number of hydrogen-bond acceptors (Lipinski definition) is 2. The Morgan fingerprint density at radius 1 is 0.900 bits per heavy atom. The lowest BCUT2D eigenvalue weighted by molar-refractivity contribution is -0.133. The van der Waals surface area contributed by atoms with Crippen molar-refractivity contribution in [1.29, 1.82) is 0 Å². The van der Waals surface area contributed by atoms with Crippen molar-refractivity contribution in [3.8, 4) is 0 Å². The molecule has 0 saturated heterocycles. The second kappa shape index (κ2) is 14.8. The van der Waals surface area contributed by atoms with Crippen LogP contribution in [0.15, 0.2) is 0 Å². The third-order valence-electron chi connectivity index (χ3n) is 3.47. The van der Waals surface area contributed by atoms with Crippen LogP contribution in [0.5, 0.6) is 0 Å². The molecule has 0 aliphatic heterocycles. The molecule has 1 unspecified atom stereocenters. The van der Waals surface area contributed by atoms with E-state index in [1.807, 2.05) is 0 Å². The predicted molar refractivity (Wildman–Crippen MR) is 85.9 cm³/mol. The number of carbonyl (C=O) groups is 1. The summed E-state index contributed by atoms with van der Waals surface area (Å²) in [5.41, 5.74) is 0. The molecule has 3 nitrogen and oxygen atoms in total. The molecular weight excluding hydrogens is 250 g/mol. The molecule has 0 spiro atoms. The molecule has 0 heterocycles. The van der Waals surface area contributed by atoms with Crippen molar-refractivity contribution < 1.29 is 9.53 Å². The third kappa shape index (κ3) is 11.3. The lowest BCUT2D eigenvalue weighted by Gasteiger charge is -2.17. The van der Waals surface area contributed by atoms with Gasteiger partial charge in [0.25, 0.3) is 0 Å². The fourth-order valence-electron chi connectivity index (χ4n) is 2.16. The molecule has 0 aliphatic rings. The van der Waals surface area contributed by atoms with Gasteiger partial charge in [-0.15, -0.1) is 0 Å². The Balaban J connectivity index is 3.85. The highest BCUT2D eigenvalue weighted by Crippen LogP contribution is 2.11. The number of rotatable bonds is 14. The van der Waals surface area contributed by atoms with Crippen molar-refractivity contribution >= 4 is 5.91 Å². The maximum atomic E-state index is 12.1. The van der Waals surface area contributed by atoms with Gasteiger partial charge in [-0.25, -0.2) is 0 Å². The Morgan fingerprint density at radius 2 is 1.55 bits per heavy atom. The fraction of sp³-hybridized carbons (Fsp3) is 0.941. The number of ether oxygens (including phenoxy) is 1. The number of hydrogen-bond donors (Lipinski definition) is 1. The zero-order valence-electron chi connectivity index (χ0n) is 13.9. The van der Waals surface area contributed by atoms with Gasteiger partial charge in [0, 0.05) is 13.2 Å². The first-order chi connectivity index (χ1) is 9.76. The van der Waals surface area contributed by atoms with E-state index in [0.29, 0.717) is 6.61 Å². The number of carbonyl (C=O) groups excluding carboxylic acids is 1. The summed E-state index contributed by atoms with van der Waals surface area (Å²) in [5.74, 6) is 0.0838. The van der Waals surface area contributed by atoms with Gasteiger partial charge in [-0.05, 0) is 19.3 Å². The van der Waals surface area contributed by atoms with E-state index in [4.69, 9.17) is 4.74 Å². The van der Waals surface area contributed by atoms with E-state index in [-0.39, 0.29) is 12.0 Å². The zero-order valence-corrected chi connectivity index (χ0v) is 13.9. The molecule has 0 aromatic rings. The Kier molecular flexibility index (Phi) is 14.4. The normalized spacial score (nSPS) is 12.3. The molecule has 0 saturated carbocycles. The van der Waals surface area contributed by atoms with Crippen LogP contribution in [0.3, 0.4) is 0 Å². The van der Waals surface area contributed by atoms with E-state index in [1.165, 1.54) is 32.1 Å². The summed E-state index contributed by atoms with van der Waals surface area (Å²) in [5, 5.41) is 2.99. The molecule has 0 aromatic carbocycles. The Hall–Kier alpha value is -0.570. The zero-order chi connectivity index (χ0) is 15.1. The molecule has 1 N–H and O–H groups in total. The molecule has 0 bridgehead atoms. The maximum Gasteiger partial charge on any atom is 0.249 e. The van der Waals surface area contributed by atoms with Gasteiger partial charge in [0.15, 0.2) is 0 Å². The van der Waals surface area contributed by atoms with Crippen molar-refractivity contribution in [2.75, 3.05) is 13.2 Å². The minimum atomic E-state index is -0.238. The summed E-state index contributed by atoms with van der Waals surface area (Å²) in [6.45, 7) is 7.90. The highest BCUT2D eigenvalue weighted by molar-refractivity contribution is 5.80. The number of nitrogens with one attached hydrogen (secondary N) is 1. The summed E-state index contributed by atoms with van der Waals surface area (Å²) in [4.78, 5) is 12.1. The highest BCUT2D eigenvalue weighted by atomic mass is 16.5. The van der Waals surface area contributed by atoms with E-state index in [9.17, 15) is 4.79 Å². The lowest BCUT2D eigenvalue weighted by Crippen LogP contribution is -2.37. The first-order valence-corrected chi connectivity index (χ1v) is 8.65. The molecule has 0 aliphatic carbocycles. The molecule has 3 heteroatoms. The second-order valence-corrected chi connectivity index (χ2v) is 5.56. The molecule has 120 valence electrons. The van der Waals surface area contributed by atoms with E-state index < -0.39 is 0 Å². The van der Waals surface area contributed by atoms with E-state index in [2.05, 4.69) is 26.1 Å². The number of amides is 1. The molecule has 0 rings (SSSR count). The van der Waals surface area contributed by atoms with Gasteiger partial charge in [0.05, 0.1) is 0 Å². The van der Waals surface area contributed by atoms with Crippen LogP contribution >= 0.6 is 0 Å². The SMILES string of the molecule is CCCCCCCCC(OCCC)C(=O)NCCCC. The fourth-order valence-corrected chi connectivity index (χ4v) is 2.16. The summed E-state index contributed by atoms with van der Waals surface area (Å²) < 4.78 is 5.70. The highest BCUT2D eigenvalue weighted by Gasteiger charge is 2.17. The van der Waals surface area contributed by atoms with Crippen LogP contribution in [0.1, 0.15) is 85.0 Å². The van der Waals surface area contributed by atoms with E-state index >= 15 is 0 Å². The van der Waals surface area contributed by atoms with Gasteiger partial charge in [-0.1, -0.05) is 65.7 Å². The van der Waals surface area contributed by atoms with Gasteiger partial charge >= 0.3 is 0 Å². The minimum absolute atomic E-state index is 0.0838. The molecule has 20 heavy (non-hydrogen) atoms. The van der Waals surface area contributed by atoms with E-state index in [1.54, 1.807) is 0 Å². The Bertz CT molecular complexity index is 219. The molecule has 1 amide bonds. The van der Waals surface area contributed by atoms with Crippen LogP contribution in [0.2, 0.25) is 0 Å². The summed E-state index contributed by atoms with van der Waals surface area (Å²) in [6, 6.07) is 0. The standard InChI is InChI=1S/C17H35NO2/c1-4-7-9-10-11-12-13-16(20-15-6-3)17(19)18-14-8-5-2/h16H,4-15H2,1-3H3,(H,18,19). The molecule has 0 radical (unpaired) electrons. The first-order valence-electron chi connectivity index (χ1n) is 8.65. The van der Waals surface area contributed by atoms with Crippen molar-refractivity contribution in [3.05, 3.63) is 0 Å². The quantitative estimate of drug-likeness (QED) is 0.479. The Labute approximate surface area is 125 Å². The minimum Gasteiger partial charge on any atom is -0.368 e. The molecule has 0 fully saturated rings. The van der Waals surface area contributed by atoms with Crippen molar-refractivity contribution in [1.82, 2.24) is 5.32 Å². The second-order valence-electron chi connectivity index (χ2n) is 5.56. The maximum absolute atomic E-state index is 12.1. The van der Waals surface area contributed by atoms with Crippen LogP contribution in [-0.4, -0.2) is 25.2 Å². The van der Waals surface area contributed by atoms with Crippen LogP contribution < -0.4 is 5.32 Å². The Morgan fingerprint density at radius 3 is 2.20 bits per heavy atom. The summed E-state index contributed by atoms with van der Waals surface area (Å²) in [7, 11) is 0. The smallest absolute Gasteiger partial charge is 0.249 e.